The molecule has 1 aromatic heterocycles. The molecule has 0 radical (unpaired) electrons. The van der Waals surface area contributed by atoms with Crippen LogP contribution in [0, 0.1) is 0 Å². The molecule has 0 unspecified atom stereocenters. The largest absolute Gasteiger partial charge is 0.497 e. The zero-order chi connectivity index (χ0) is 15.8. The highest BCUT2D eigenvalue weighted by Crippen LogP contribution is 2.35. The van der Waals surface area contributed by atoms with E-state index in [0.717, 1.165) is 11.3 Å². The Morgan fingerprint density at radius 2 is 1.95 bits per heavy atom. The average molecular weight is 288 g/mol. The maximum Gasteiger partial charge on any atom is 0.336 e. The third-order valence-corrected chi connectivity index (χ3v) is 3.29. The van der Waals surface area contributed by atoms with Gasteiger partial charge in [-0.2, -0.15) is 5.10 Å². The zero-order valence-electron chi connectivity index (χ0n) is 13.0. The minimum atomic E-state index is -0.979. The standard InChI is InChI=1S/C16H20N2O3/c1-16(2,3)14-13(9-18(4)17-14)11-7-6-10(21-5)8-12(11)15(19)20/h6-9H,1-5H3,(H,19,20). The number of methoxy groups -OCH3 is 1. The molecule has 0 aliphatic carbocycles. The predicted molar refractivity (Wildman–Crippen MR) is 80.9 cm³/mol. The average Bonchev–Trinajstić information content (AvgIpc) is 2.80. The lowest BCUT2D eigenvalue weighted by molar-refractivity contribution is 0.0697. The molecule has 0 spiro atoms. The Balaban J connectivity index is 2.70. The summed E-state index contributed by atoms with van der Waals surface area (Å²) >= 11 is 0. The van der Waals surface area contributed by atoms with Crippen LogP contribution in [0.2, 0.25) is 0 Å². The summed E-state index contributed by atoms with van der Waals surface area (Å²) in [5, 5.41) is 14.0. The number of aryl methyl sites for hydroxylation is 1. The van der Waals surface area contributed by atoms with Gasteiger partial charge in [0.15, 0.2) is 0 Å². The Bertz CT molecular complexity index is 681. The van der Waals surface area contributed by atoms with E-state index < -0.39 is 5.97 Å². The first kappa shape index (κ1) is 15.1. The Morgan fingerprint density at radius 1 is 1.29 bits per heavy atom. The second-order valence-electron chi connectivity index (χ2n) is 6.03. The van der Waals surface area contributed by atoms with Gasteiger partial charge in [0.25, 0.3) is 0 Å². The van der Waals surface area contributed by atoms with Crippen LogP contribution in [0.3, 0.4) is 0 Å². The van der Waals surface area contributed by atoms with Crippen molar-refractivity contribution in [2.24, 2.45) is 7.05 Å². The molecule has 1 heterocycles. The zero-order valence-corrected chi connectivity index (χ0v) is 13.0. The molecule has 2 rings (SSSR count). The summed E-state index contributed by atoms with van der Waals surface area (Å²) in [6, 6.07) is 5.08. The van der Waals surface area contributed by atoms with Crippen LogP contribution >= 0.6 is 0 Å². The monoisotopic (exact) mass is 288 g/mol. The summed E-state index contributed by atoms with van der Waals surface area (Å²) in [5.74, 6) is -0.454. The molecule has 5 nitrogen and oxygen atoms in total. The normalized spacial score (nSPS) is 11.5. The van der Waals surface area contributed by atoms with E-state index in [0.29, 0.717) is 11.3 Å². The van der Waals surface area contributed by atoms with Crippen molar-refractivity contribution in [1.82, 2.24) is 9.78 Å². The van der Waals surface area contributed by atoms with Crippen LogP contribution in [0.5, 0.6) is 5.75 Å². The summed E-state index contributed by atoms with van der Waals surface area (Å²) in [4.78, 5) is 11.5. The highest BCUT2D eigenvalue weighted by molar-refractivity contribution is 5.97. The first-order chi connectivity index (χ1) is 9.74. The number of aromatic nitrogens is 2. The van der Waals surface area contributed by atoms with Gasteiger partial charge in [-0.05, 0) is 23.8 Å². The fraction of sp³-hybridized carbons (Fsp3) is 0.375. The van der Waals surface area contributed by atoms with E-state index in [9.17, 15) is 9.90 Å². The second-order valence-corrected chi connectivity index (χ2v) is 6.03. The molecule has 0 aliphatic heterocycles. The van der Waals surface area contributed by atoms with Crippen molar-refractivity contribution < 1.29 is 14.6 Å². The van der Waals surface area contributed by atoms with Crippen molar-refractivity contribution in [3.05, 3.63) is 35.7 Å². The van der Waals surface area contributed by atoms with Gasteiger partial charge >= 0.3 is 5.97 Å². The summed E-state index contributed by atoms with van der Waals surface area (Å²) in [5.41, 5.74) is 2.41. The number of aromatic carboxylic acids is 1. The van der Waals surface area contributed by atoms with Crippen LogP contribution in [-0.2, 0) is 12.5 Å². The van der Waals surface area contributed by atoms with Gasteiger partial charge in [-0.15, -0.1) is 0 Å². The maximum atomic E-state index is 11.5. The Kier molecular flexibility index (Phi) is 3.77. The van der Waals surface area contributed by atoms with Gasteiger partial charge < -0.3 is 9.84 Å². The SMILES string of the molecule is COc1ccc(-c2cn(C)nc2C(C)(C)C)c(C(=O)O)c1. The molecular formula is C16H20N2O3. The lowest BCUT2D eigenvalue weighted by Gasteiger charge is -2.18. The van der Waals surface area contributed by atoms with E-state index in [-0.39, 0.29) is 11.0 Å². The number of ether oxygens (including phenoxy) is 1. The Morgan fingerprint density at radius 3 is 2.48 bits per heavy atom. The second kappa shape index (κ2) is 5.24. The first-order valence-corrected chi connectivity index (χ1v) is 6.70. The van der Waals surface area contributed by atoms with Gasteiger partial charge in [-0.1, -0.05) is 20.8 Å². The van der Waals surface area contributed by atoms with Crippen molar-refractivity contribution in [1.29, 1.82) is 0 Å². The minimum absolute atomic E-state index is 0.174. The lowest BCUT2D eigenvalue weighted by atomic mass is 9.86. The van der Waals surface area contributed by atoms with Crippen LogP contribution in [0.15, 0.2) is 24.4 Å². The summed E-state index contributed by atoms with van der Waals surface area (Å²) in [6.45, 7) is 6.17. The molecule has 1 N–H and O–H groups in total. The molecular weight excluding hydrogens is 268 g/mol. The van der Waals surface area contributed by atoms with Gasteiger partial charge in [0, 0.05) is 24.2 Å². The molecule has 1 aromatic carbocycles. The molecule has 0 aliphatic rings. The Labute approximate surface area is 124 Å². The summed E-state index contributed by atoms with van der Waals surface area (Å²) < 4.78 is 6.83. The highest BCUT2D eigenvalue weighted by Gasteiger charge is 2.25. The fourth-order valence-electron chi connectivity index (χ4n) is 2.30. The number of carboxylic acid groups (broad SMARTS) is 1. The van der Waals surface area contributed by atoms with Gasteiger partial charge in [0.2, 0.25) is 0 Å². The summed E-state index contributed by atoms with van der Waals surface area (Å²) in [7, 11) is 3.36. The first-order valence-electron chi connectivity index (χ1n) is 6.70. The number of rotatable bonds is 3. The Hall–Kier alpha value is -2.30. The molecule has 5 heteroatoms. The third kappa shape index (κ3) is 2.91. The molecule has 0 amide bonds. The topological polar surface area (TPSA) is 64.4 Å². The van der Waals surface area contributed by atoms with Crippen molar-refractivity contribution in [3.63, 3.8) is 0 Å². The van der Waals surface area contributed by atoms with Crippen molar-refractivity contribution >= 4 is 5.97 Å². The molecule has 0 saturated carbocycles. The van der Waals surface area contributed by atoms with Crippen LogP contribution in [0.25, 0.3) is 11.1 Å². The number of hydrogen-bond acceptors (Lipinski definition) is 3. The molecule has 0 fully saturated rings. The van der Waals surface area contributed by atoms with Crippen LogP contribution in [0.1, 0.15) is 36.8 Å². The molecule has 21 heavy (non-hydrogen) atoms. The number of hydrogen-bond donors (Lipinski definition) is 1. The van der Waals surface area contributed by atoms with E-state index in [4.69, 9.17) is 4.74 Å². The van der Waals surface area contributed by atoms with Gasteiger partial charge in [0.05, 0.1) is 18.4 Å². The smallest absolute Gasteiger partial charge is 0.336 e. The third-order valence-electron chi connectivity index (χ3n) is 3.29. The maximum absolute atomic E-state index is 11.5. The fourth-order valence-corrected chi connectivity index (χ4v) is 2.30. The van der Waals surface area contributed by atoms with E-state index >= 15 is 0 Å². The predicted octanol–water partition coefficient (Wildman–Crippen LogP) is 3.09. The van der Waals surface area contributed by atoms with E-state index in [1.54, 1.807) is 16.8 Å². The van der Waals surface area contributed by atoms with Crippen molar-refractivity contribution in [2.75, 3.05) is 7.11 Å². The van der Waals surface area contributed by atoms with E-state index in [1.165, 1.54) is 13.2 Å². The van der Waals surface area contributed by atoms with E-state index in [2.05, 4.69) is 25.9 Å². The van der Waals surface area contributed by atoms with Crippen molar-refractivity contribution in [2.45, 2.75) is 26.2 Å². The number of carboxylic acids is 1. The molecule has 0 atom stereocenters. The molecule has 0 saturated heterocycles. The van der Waals surface area contributed by atoms with Crippen LogP contribution in [-0.4, -0.2) is 28.0 Å². The van der Waals surface area contributed by atoms with Crippen molar-refractivity contribution in [3.8, 4) is 16.9 Å². The number of carbonyl (C=O) groups is 1. The van der Waals surface area contributed by atoms with Crippen LogP contribution < -0.4 is 4.74 Å². The number of benzene rings is 1. The molecule has 2 aromatic rings. The summed E-state index contributed by atoms with van der Waals surface area (Å²) in [6.07, 6.45) is 1.86. The van der Waals surface area contributed by atoms with Gasteiger partial charge in [-0.3, -0.25) is 4.68 Å². The molecule has 0 bridgehead atoms. The van der Waals surface area contributed by atoms with Gasteiger partial charge in [0.1, 0.15) is 5.75 Å². The van der Waals surface area contributed by atoms with Crippen LogP contribution in [0.4, 0.5) is 0 Å². The van der Waals surface area contributed by atoms with E-state index in [1.807, 2.05) is 13.2 Å². The molecule has 112 valence electrons. The minimum Gasteiger partial charge on any atom is -0.497 e. The van der Waals surface area contributed by atoms with Gasteiger partial charge in [-0.25, -0.2) is 4.79 Å². The quantitative estimate of drug-likeness (QED) is 0.942. The number of nitrogens with zero attached hydrogens (tertiary/aromatic N) is 2. The lowest BCUT2D eigenvalue weighted by Crippen LogP contribution is -2.14. The highest BCUT2D eigenvalue weighted by atomic mass is 16.5.